The average Bonchev–Trinajstić information content (AvgIpc) is 3.38. The summed E-state index contributed by atoms with van der Waals surface area (Å²) in [6.45, 7) is 2.90. The molecule has 27 heavy (non-hydrogen) atoms. The lowest BCUT2D eigenvalue weighted by Gasteiger charge is -2.17. The molecule has 1 aliphatic heterocycles. The molecule has 140 valence electrons. The first-order valence-corrected chi connectivity index (χ1v) is 9.13. The third-order valence-corrected chi connectivity index (χ3v) is 4.95. The highest BCUT2D eigenvalue weighted by molar-refractivity contribution is 6.33. The molecular weight excluding hydrogens is 368 g/mol. The zero-order chi connectivity index (χ0) is 18.8. The van der Waals surface area contributed by atoms with Crippen LogP contribution in [0.15, 0.2) is 51.4 Å². The summed E-state index contributed by atoms with van der Waals surface area (Å²) < 4.78 is 16.5. The van der Waals surface area contributed by atoms with Gasteiger partial charge in [-0.1, -0.05) is 28.9 Å². The van der Waals surface area contributed by atoms with Gasteiger partial charge in [0.15, 0.2) is 5.76 Å². The molecule has 1 saturated heterocycles. The van der Waals surface area contributed by atoms with Gasteiger partial charge in [-0.25, -0.2) is 0 Å². The van der Waals surface area contributed by atoms with Gasteiger partial charge in [-0.3, -0.25) is 4.79 Å². The molecule has 0 aliphatic carbocycles. The van der Waals surface area contributed by atoms with Crippen molar-refractivity contribution in [1.29, 1.82) is 0 Å². The average molecular weight is 387 g/mol. The van der Waals surface area contributed by atoms with Crippen molar-refractivity contribution >= 4 is 17.5 Å². The number of carbonyl (C=O) groups is 1. The van der Waals surface area contributed by atoms with Crippen molar-refractivity contribution in [2.75, 3.05) is 13.2 Å². The van der Waals surface area contributed by atoms with Crippen LogP contribution in [-0.2, 0) is 11.2 Å². The fourth-order valence-electron chi connectivity index (χ4n) is 3.24. The number of hydrogen-bond acceptors (Lipinski definition) is 5. The fraction of sp³-hybridized carbons (Fsp3) is 0.300. The molecular formula is C20H19ClN2O4. The van der Waals surface area contributed by atoms with Crippen LogP contribution in [-0.4, -0.2) is 30.3 Å². The highest BCUT2D eigenvalue weighted by Crippen LogP contribution is 2.29. The van der Waals surface area contributed by atoms with Crippen LogP contribution in [0.5, 0.6) is 0 Å². The Kier molecular flexibility index (Phi) is 5.01. The largest absolute Gasteiger partial charge is 0.451 e. The second-order valence-corrected chi connectivity index (χ2v) is 7.07. The highest BCUT2D eigenvalue weighted by Gasteiger charge is 2.31. The van der Waals surface area contributed by atoms with E-state index in [0.717, 1.165) is 17.0 Å². The minimum Gasteiger partial charge on any atom is -0.451 e. The van der Waals surface area contributed by atoms with Gasteiger partial charge in [0.2, 0.25) is 0 Å². The van der Waals surface area contributed by atoms with E-state index >= 15 is 0 Å². The maximum Gasteiger partial charge on any atom is 0.287 e. The van der Waals surface area contributed by atoms with E-state index in [2.05, 4.69) is 10.5 Å². The molecule has 1 fully saturated rings. The Morgan fingerprint density at radius 2 is 2.11 bits per heavy atom. The first-order chi connectivity index (χ1) is 13.1. The Morgan fingerprint density at radius 3 is 2.89 bits per heavy atom. The molecule has 1 amide bonds. The van der Waals surface area contributed by atoms with Gasteiger partial charge in [-0.2, -0.15) is 0 Å². The molecule has 6 nitrogen and oxygen atoms in total. The summed E-state index contributed by atoms with van der Waals surface area (Å²) in [5, 5.41) is 7.48. The zero-order valence-corrected chi connectivity index (χ0v) is 15.5. The third kappa shape index (κ3) is 3.91. The zero-order valence-electron chi connectivity index (χ0n) is 14.8. The van der Waals surface area contributed by atoms with Gasteiger partial charge in [-0.05, 0) is 31.2 Å². The minimum absolute atomic E-state index is 0.114. The van der Waals surface area contributed by atoms with E-state index in [-0.39, 0.29) is 23.6 Å². The second kappa shape index (κ2) is 7.58. The van der Waals surface area contributed by atoms with Crippen LogP contribution in [0.3, 0.4) is 0 Å². The summed E-state index contributed by atoms with van der Waals surface area (Å²) in [5.41, 5.74) is 1.59. The van der Waals surface area contributed by atoms with Gasteiger partial charge in [0.25, 0.3) is 5.91 Å². The Hall–Kier alpha value is -2.57. The van der Waals surface area contributed by atoms with Gasteiger partial charge < -0.3 is 19.0 Å². The highest BCUT2D eigenvalue weighted by atomic mass is 35.5. The summed E-state index contributed by atoms with van der Waals surface area (Å²) in [6, 6.07) is 12.5. The number of benzene rings is 1. The molecule has 2 unspecified atom stereocenters. The van der Waals surface area contributed by atoms with E-state index in [9.17, 15) is 4.79 Å². The van der Waals surface area contributed by atoms with E-state index in [1.54, 1.807) is 18.2 Å². The van der Waals surface area contributed by atoms with Crippen LogP contribution in [0.2, 0.25) is 5.02 Å². The molecule has 7 heteroatoms. The molecule has 3 heterocycles. The maximum atomic E-state index is 12.6. The molecule has 0 bridgehead atoms. The van der Waals surface area contributed by atoms with Crippen LogP contribution >= 0.6 is 11.6 Å². The van der Waals surface area contributed by atoms with Crippen molar-refractivity contribution in [3.8, 4) is 11.3 Å². The number of nitrogens with zero attached hydrogens (tertiary/aromatic N) is 1. The van der Waals surface area contributed by atoms with Gasteiger partial charge >= 0.3 is 0 Å². The predicted molar refractivity (Wildman–Crippen MR) is 99.7 cm³/mol. The molecule has 2 aromatic heterocycles. The van der Waals surface area contributed by atoms with Crippen molar-refractivity contribution in [1.82, 2.24) is 10.5 Å². The van der Waals surface area contributed by atoms with Crippen LogP contribution < -0.4 is 5.32 Å². The van der Waals surface area contributed by atoms with E-state index in [1.165, 1.54) is 0 Å². The molecule has 0 radical (unpaired) electrons. The van der Waals surface area contributed by atoms with Gasteiger partial charge in [-0.15, -0.1) is 0 Å². The standard InChI is InChI=1S/C20H19ClN2O4/c1-12-8-14(27-23-12)9-13-10-25-11-17(13)22-20(24)19-7-6-18(26-19)15-4-2-3-5-16(15)21/h2-8,13,17H,9-11H2,1H3,(H,22,24). The number of aromatic nitrogens is 1. The van der Waals surface area contributed by atoms with Crippen molar-refractivity contribution in [3.05, 3.63) is 64.7 Å². The topological polar surface area (TPSA) is 77.5 Å². The number of hydrogen-bond donors (Lipinski definition) is 1. The number of carbonyl (C=O) groups excluding carboxylic acids is 1. The van der Waals surface area contributed by atoms with Crippen molar-refractivity contribution in [2.45, 2.75) is 19.4 Å². The van der Waals surface area contributed by atoms with E-state index in [1.807, 2.05) is 31.2 Å². The molecule has 4 rings (SSSR count). The second-order valence-electron chi connectivity index (χ2n) is 6.66. The SMILES string of the molecule is Cc1cc(CC2COCC2NC(=O)c2ccc(-c3ccccc3Cl)o2)on1. The van der Waals surface area contributed by atoms with Crippen molar-refractivity contribution < 1.29 is 18.5 Å². The van der Waals surface area contributed by atoms with Crippen molar-refractivity contribution in [3.63, 3.8) is 0 Å². The smallest absolute Gasteiger partial charge is 0.287 e. The van der Waals surface area contributed by atoms with Gasteiger partial charge in [0.1, 0.15) is 11.5 Å². The van der Waals surface area contributed by atoms with E-state index in [0.29, 0.717) is 30.4 Å². The first-order valence-electron chi connectivity index (χ1n) is 8.75. The van der Waals surface area contributed by atoms with Crippen LogP contribution in [0.25, 0.3) is 11.3 Å². The molecule has 0 spiro atoms. The van der Waals surface area contributed by atoms with Crippen LogP contribution in [0.4, 0.5) is 0 Å². The summed E-state index contributed by atoms with van der Waals surface area (Å²) in [7, 11) is 0. The molecule has 1 aromatic carbocycles. The maximum absolute atomic E-state index is 12.6. The quantitative estimate of drug-likeness (QED) is 0.719. The molecule has 1 N–H and O–H groups in total. The Balaban J connectivity index is 1.43. The summed E-state index contributed by atoms with van der Waals surface area (Å²) in [6.07, 6.45) is 0.662. The monoisotopic (exact) mass is 386 g/mol. The number of aryl methyl sites for hydroxylation is 1. The predicted octanol–water partition coefficient (Wildman–Crippen LogP) is 3.88. The Labute approximate surface area is 161 Å². The minimum atomic E-state index is -0.275. The van der Waals surface area contributed by atoms with Crippen molar-refractivity contribution in [2.24, 2.45) is 5.92 Å². The molecule has 2 atom stereocenters. The van der Waals surface area contributed by atoms with Gasteiger partial charge in [0, 0.05) is 24.0 Å². The molecule has 3 aromatic rings. The first kappa shape index (κ1) is 17.8. The number of nitrogens with one attached hydrogen (secondary N) is 1. The molecule has 1 aliphatic rings. The lowest BCUT2D eigenvalue weighted by Crippen LogP contribution is -2.40. The third-order valence-electron chi connectivity index (χ3n) is 4.62. The fourth-order valence-corrected chi connectivity index (χ4v) is 3.46. The number of furan rings is 1. The number of rotatable bonds is 5. The lowest BCUT2D eigenvalue weighted by molar-refractivity contribution is 0.0897. The Bertz CT molecular complexity index is 949. The summed E-state index contributed by atoms with van der Waals surface area (Å²) in [4.78, 5) is 12.6. The number of amides is 1. The lowest BCUT2D eigenvalue weighted by atomic mass is 9.98. The summed E-state index contributed by atoms with van der Waals surface area (Å²) >= 11 is 6.19. The number of ether oxygens (including phenoxy) is 1. The Morgan fingerprint density at radius 1 is 1.26 bits per heavy atom. The van der Waals surface area contributed by atoms with Crippen LogP contribution in [0.1, 0.15) is 22.0 Å². The van der Waals surface area contributed by atoms with Crippen LogP contribution in [0, 0.1) is 12.8 Å². The molecule has 0 saturated carbocycles. The van der Waals surface area contributed by atoms with E-state index in [4.69, 9.17) is 25.3 Å². The summed E-state index contributed by atoms with van der Waals surface area (Å²) in [5.74, 6) is 1.44. The van der Waals surface area contributed by atoms with E-state index < -0.39 is 0 Å². The van der Waals surface area contributed by atoms with Gasteiger partial charge in [0.05, 0.1) is 30.0 Å². The number of halogens is 1. The normalized spacial score (nSPS) is 19.3.